The lowest BCUT2D eigenvalue weighted by atomic mass is 10.3. The van der Waals surface area contributed by atoms with Gasteiger partial charge in [0.25, 0.3) is 0 Å². The first-order valence-electron chi connectivity index (χ1n) is 4.24. The highest BCUT2D eigenvalue weighted by molar-refractivity contribution is 9.10. The maximum atomic E-state index is 13.3. The molecule has 1 aromatic rings. The van der Waals surface area contributed by atoms with Crippen LogP contribution in [0.3, 0.4) is 0 Å². The van der Waals surface area contributed by atoms with E-state index in [0.29, 0.717) is 11.0 Å². The molecule has 0 bridgehead atoms. The SMILES string of the molecule is CCNC(=S)Nc1c(F)cc(Br)cc1F. The molecule has 0 aliphatic carbocycles. The van der Waals surface area contributed by atoms with Crippen molar-refractivity contribution >= 4 is 38.9 Å². The predicted octanol–water partition coefficient (Wildman–Crippen LogP) is 3.03. The van der Waals surface area contributed by atoms with Crippen molar-refractivity contribution < 1.29 is 8.78 Å². The molecule has 1 rings (SSSR count). The van der Waals surface area contributed by atoms with Crippen LogP contribution in [0.25, 0.3) is 0 Å². The third kappa shape index (κ3) is 3.39. The van der Waals surface area contributed by atoms with Gasteiger partial charge in [-0.25, -0.2) is 8.78 Å². The van der Waals surface area contributed by atoms with Gasteiger partial charge >= 0.3 is 0 Å². The van der Waals surface area contributed by atoms with Crippen LogP contribution < -0.4 is 10.6 Å². The highest BCUT2D eigenvalue weighted by Crippen LogP contribution is 2.23. The van der Waals surface area contributed by atoms with Gasteiger partial charge in [-0.3, -0.25) is 0 Å². The Kier molecular flexibility index (Phi) is 4.41. The van der Waals surface area contributed by atoms with E-state index in [1.54, 1.807) is 0 Å². The van der Waals surface area contributed by atoms with Crippen LogP contribution in [0.5, 0.6) is 0 Å². The lowest BCUT2D eigenvalue weighted by Crippen LogP contribution is -2.28. The van der Waals surface area contributed by atoms with Crippen molar-refractivity contribution in [3.8, 4) is 0 Å². The standard InChI is InChI=1S/C9H9BrF2N2S/c1-2-13-9(15)14-8-6(11)3-5(10)4-7(8)12/h3-4H,2H2,1H3,(H2,13,14,15). The van der Waals surface area contributed by atoms with Crippen LogP contribution in [0.4, 0.5) is 14.5 Å². The Labute approximate surface area is 100 Å². The molecule has 1 aromatic carbocycles. The van der Waals surface area contributed by atoms with Gasteiger partial charge in [0.15, 0.2) is 16.7 Å². The number of benzene rings is 1. The average molecular weight is 295 g/mol. The summed E-state index contributed by atoms with van der Waals surface area (Å²) >= 11 is 7.81. The summed E-state index contributed by atoms with van der Waals surface area (Å²) in [4.78, 5) is 0. The normalized spacial score (nSPS) is 9.87. The van der Waals surface area contributed by atoms with E-state index < -0.39 is 11.6 Å². The van der Waals surface area contributed by atoms with Gasteiger partial charge < -0.3 is 10.6 Å². The maximum absolute atomic E-state index is 13.3. The molecular weight excluding hydrogens is 286 g/mol. The van der Waals surface area contributed by atoms with Gasteiger partial charge in [0.2, 0.25) is 0 Å². The Morgan fingerprint density at radius 1 is 1.40 bits per heavy atom. The first-order chi connectivity index (χ1) is 7.04. The van der Waals surface area contributed by atoms with Crippen molar-refractivity contribution in [3.63, 3.8) is 0 Å². The maximum Gasteiger partial charge on any atom is 0.170 e. The largest absolute Gasteiger partial charge is 0.363 e. The highest BCUT2D eigenvalue weighted by atomic mass is 79.9. The molecule has 2 nitrogen and oxygen atoms in total. The summed E-state index contributed by atoms with van der Waals surface area (Å²) in [5, 5.41) is 5.39. The molecule has 0 saturated heterocycles. The third-order valence-corrected chi connectivity index (χ3v) is 2.29. The van der Waals surface area contributed by atoms with Crippen LogP contribution in [-0.4, -0.2) is 11.7 Å². The number of thiocarbonyl (C=S) groups is 1. The van der Waals surface area contributed by atoms with Gasteiger partial charge in [-0.1, -0.05) is 15.9 Å². The van der Waals surface area contributed by atoms with Crippen LogP contribution in [-0.2, 0) is 0 Å². The number of halogens is 3. The zero-order valence-electron chi connectivity index (χ0n) is 7.90. The molecule has 0 aliphatic rings. The summed E-state index contributed by atoms with van der Waals surface area (Å²) in [6.45, 7) is 2.42. The van der Waals surface area contributed by atoms with E-state index in [1.165, 1.54) is 12.1 Å². The summed E-state index contributed by atoms with van der Waals surface area (Å²) < 4.78 is 26.9. The molecule has 0 saturated carbocycles. The van der Waals surface area contributed by atoms with Crippen LogP contribution >= 0.6 is 28.1 Å². The minimum absolute atomic E-state index is 0.192. The van der Waals surface area contributed by atoms with Gasteiger partial charge in [-0.05, 0) is 31.3 Å². The molecule has 0 aromatic heterocycles. The van der Waals surface area contributed by atoms with Crippen molar-refractivity contribution in [2.75, 3.05) is 11.9 Å². The van der Waals surface area contributed by atoms with E-state index >= 15 is 0 Å². The number of rotatable bonds is 2. The number of hydrogen-bond donors (Lipinski definition) is 2. The Morgan fingerprint density at radius 3 is 2.40 bits per heavy atom. The van der Waals surface area contributed by atoms with E-state index in [4.69, 9.17) is 12.2 Å². The second-order valence-electron chi connectivity index (χ2n) is 2.73. The Bertz CT molecular complexity index is 361. The monoisotopic (exact) mass is 294 g/mol. The summed E-state index contributed by atoms with van der Waals surface area (Å²) in [5.74, 6) is -1.38. The smallest absolute Gasteiger partial charge is 0.170 e. The summed E-state index contributed by atoms with van der Waals surface area (Å²) in [6.07, 6.45) is 0. The number of nitrogens with one attached hydrogen (secondary N) is 2. The summed E-state index contributed by atoms with van der Waals surface area (Å²) in [5.41, 5.74) is -0.246. The minimum atomic E-state index is -0.692. The molecule has 6 heteroatoms. The molecule has 82 valence electrons. The average Bonchev–Trinajstić information content (AvgIpc) is 2.11. The molecule has 0 aliphatic heterocycles. The van der Waals surface area contributed by atoms with Gasteiger partial charge in [0.05, 0.1) is 0 Å². The lowest BCUT2D eigenvalue weighted by Gasteiger charge is -2.10. The van der Waals surface area contributed by atoms with E-state index in [-0.39, 0.29) is 10.8 Å². The minimum Gasteiger partial charge on any atom is -0.363 e. The van der Waals surface area contributed by atoms with Crippen LogP contribution in [0.15, 0.2) is 16.6 Å². The van der Waals surface area contributed by atoms with Crippen molar-refractivity contribution in [3.05, 3.63) is 28.2 Å². The predicted molar refractivity (Wildman–Crippen MR) is 64.0 cm³/mol. The molecule has 0 radical (unpaired) electrons. The Balaban J connectivity index is 2.90. The Hall–Kier alpha value is -0.750. The highest BCUT2D eigenvalue weighted by Gasteiger charge is 2.11. The van der Waals surface area contributed by atoms with Gasteiger partial charge in [-0.15, -0.1) is 0 Å². The van der Waals surface area contributed by atoms with Crippen molar-refractivity contribution in [1.82, 2.24) is 5.32 Å². The van der Waals surface area contributed by atoms with Crippen LogP contribution in [0.2, 0.25) is 0 Å². The van der Waals surface area contributed by atoms with Crippen LogP contribution in [0.1, 0.15) is 6.92 Å². The zero-order chi connectivity index (χ0) is 11.4. The third-order valence-electron chi connectivity index (χ3n) is 1.58. The second-order valence-corrected chi connectivity index (χ2v) is 4.05. The van der Waals surface area contributed by atoms with Crippen LogP contribution in [0, 0.1) is 11.6 Å². The molecule has 0 heterocycles. The van der Waals surface area contributed by atoms with Gasteiger partial charge in [0.1, 0.15) is 5.69 Å². The second kappa shape index (κ2) is 5.37. The first-order valence-corrected chi connectivity index (χ1v) is 5.44. The fraction of sp³-hybridized carbons (Fsp3) is 0.222. The van der Waals surface area contributed by atoms with E-state index in [0.717, 1.165) is 0 Å². The first kappa shape index (κ1) is 12.3. The number of hydrogen-bond acceptors (Lipinski definition) is 1. The molecule has 0 atom stereocenters. The summed E-state index contributed by atoms with van der Waals surface area (Å²) in [6, 6.07) is 2.33. The fourth-order valence-corrected chi connectivity index (χ4v) is 1.63. The van der Waals surface area contributed by atoms with Gasteiger partial charge in [0, 0.05) is 11.0 Å². The summed E-state index contributed by atoms with van der Waals surface area (Å²) in [7, 11) is 0. The molecule has 15 heavy (non-hydrogen) atoms. The topological polar surface area (TPSA) is 24.1 Å². The molecule has 0 unspecified atom stereocenters. The zero-order valence-corrected chi connectivity index (χ0v) is 10.3. The lowest BCUT2D eigenvalue weighted by molar-refractivity contribution is 0.589. The quantitative estimate of drug-likeness (QED) is 0.820. The van der Waals surface area contributed by atoms with Crippen molar-refractivity contribution in [2.45, 2.75) is 6.92 Å². The molecule has 0 spiro atoms. The van der Waals surface area contributed by atoms with Crippen molar-refractivity contribution in [2.24, 2.45) is 0 Å². The number of anilines is 1. The molecule has 0 fully saturated rings. The Morgan fingerprint density at radius 2 is 1.93 bits per heavy atom. The van der Waals surface area contributed by atoms with E-state index in [9.17, 15) is 8.78 Å². The fourth-order valence-electron chi connectivity index (χ4n) is 0.980. The molecule has 0 amide bonds. The van der Waals surface area contributed by atoms with E-state index in [1.807, 2.05) is 6.92 Å². The molecule has 2 N–H and O–H groups in total. The molecular formula is C9H9BrF2N2S. The van der Waals surface area contributed by atoms with Gasteiger partial charge in [-0.2, -0.15) is 0 Å². The van der Waals surface area contributed by atoms with Crippen molar-refractivity contribution in [1.29, 1.82) is 0 Å². The van der Waals surface area contributed by atoms with E-state index in [2.05, 4.69) is 26.6 Å².